The Balaban J connectivity index is 2.16. The first-order valence-corrected chi connectivity index (χ1v) is 7.14. The van der Waals surface area contributed by atoms with Crippen LogP contribution in [0.4, 0.5) is 0 Å². The van der Waals surface area contributed by atoms with Gasteiger partial charge in [0.2, 0.25) is 5.89 Å². The Labute approximate surface area is 115 Å². The fraction of sp³-hybridized carbons (Fsp3) is 0.714. The molecule has 0 radical (unpaired) electrons. The zero-order chi connectivity index (χ0) is 14.1. The minimum Gasteiger partial charge on any atom is -0.446 e. The highest BCUT2D eigenvalue weighted by Crippen LogP contribution is 2.09. The Morgan fingerprint density at radius 1 is 1.37 bits per heavy atom. The van der Waals surface area contributed by atoms with Gasteiger partial charge in [-0.15, -0.1) is 0 Å². The molecule has 0 saturated heterocycles. The van der Waals surface area contributed by atoms with Crippen molar-refractivity contribution in [3.8, 4) is 0 Å². The predicted molar refractivity (Wildman–Crippen MR) is 74.8 cm³/mol. The van der Waals surface area contributed by atoms with E-state index in [-0.39, 0.29) is 11.9 Å². The van der Waals surface area contributed by atoms with Crippen LogP contribution in [0.3, 0.4) is 0 Å². The van der Waals surface area contributed by atoms with Crippen LogP contribution in [0.2, 0.25) is 0 Å². The molecule has 1 aromatic rings. The van der Waals surface area contributed by atoms with E-state index in [0.29, 0.717) is 18.1 Å². The van der Waals surface area contributed by atoms with Gasteiger partial charge in [-0.05, 0) is 13.3 Å². The average Bonchev–Trinajstić information content (AvgIpc) is 2.87. The molecule has 0 aromatic carbocycles. The zero-order valence-corrected chi connectivity index (χ0v) is 11.9. The first-order chi connectivity index (χ1) is 9.15. The minimum absolute atomic E-state index is 0.191. The lowest BCUT2D eigenvalue weighted by Gasteiger charge is -2.03. The van der Waals surface area contributed by atoms with Crippen LogP contribution >= 0.6 is 0 Å². The number of hydrogen-bond acceptors (Lipinski definition) is 4. The zero-order valence-electron chi connectivity index (χ0n) is 11.9. The SMILES string of the molecule is CCCCCCCCNC(=O)c1coc(C(C)N)n1. The lowest BCUT2D eigenvalue weighted by molar-refractivity contribution is 0.0948. The van der Waals surface area contributed by atoms with Gasteiger partial charge in [0.15, 0.2) is 5.69 Å². The second kappa shape index (κ2) is 8.69. The summed E-state index contributed by atoms with van der Waals surface area (Å²) >= 11 is 0. The van der Waals surface area contributed by atoms with E-state index in [1.807, 2.05) is 0 Å². The highest BCUT2D eigenvalue weighted by molar-refractivity contribution is 5.91. The number of carbonyl (C=O) groups is 1. The molecule has 1 amide bonds. The van der Waals surface area contributed by atoms with Gasteiger partial charge in [0.1, 0.15) is 6.26 Å². The summed E-state index contributed by atoms with van der Waals surface area (Å²) in [6.07, 6.45) is 8.59. The maximum Gasteiger partial charge on any atom is 0.273 e. The van der Waals surface area contributed by atoms with Gasteiger partial charge in [-0.25, -0.2) is 4.98 Å². The number of nitrogens with zero attached hydrogens (tertiary/aromatic N) is 1. The first-order valence-electron chi connectivity index (χ1n) is 7.14. The second-order valence-electron chi connectivity index (χ2n) is 4.88. The molecule has 1 atom stereocenters. The predicted octanol–water partition coefficient (Wildman–Crippen LogP) is 2.78. The number of rotatable bonds is 9. The fourth-order valence-corrected chi connectivity index (χ4v) is 1.80. The number of nitrogens with two attached hydrogens (primary N) is 1. The molecule has 0 saturated carbocycles. The fourth-order valence-electron chi connectivity index (χ4n) is 1.80. The Hall–Kier alpha value is -1.36. The van der Waals surface area contributed by atoms with E-state index in [9.17, 15) is 4.79 Å². The number of aromatic nitrogens is 1. The van der Waals surface area contributed by atoms with Crippen molar-refractivity contribution in [1.82, 2.24) is 10.3 Å². The number of carbonyl (C=O) groups excluding carboxylic acids is 1. The van der Waals surface area contributed by atoms with E-state index in [2.05, 4.69) is 17.2 Å². The highest BCUT2D eigenvalue weighted by Gasteiger charge is 2.13. The molecule has 0 aliphatic heterocycles. The van der Waals surface area contributed by atoms with Crippen LogP contribution in [0.25, 0.3) is 0 Å². The summed E-state index contributed by atoms with van der Waals surface area (Å²) in [5, 5.41) is 2.84. The van der Waals surface area contributed by atoms with E-state index in [1.165, 1.54) is 31.9 Å². The molecule has 5 nitrogen and oxygen atoms in total. The first kappa shape index (κ1) is 15.7. The van der Waals surface area contributed by atoms with Crippen molar-refractivity contribution in [3.05, 3.63) is 17.8 Å². The van der Waals surface area contributed by atoms with Crippen molar-refractivity contribution in [1.29, 1.82) is 0 Å². The molecule has 19 heavy (non-hydrogen) atoms. The van der Waals surface area contributed by atoms with Gasteiger partial charge in [0.25, 0.3) is 5.91 Å². The van der Waals surface area contributed by atoms with Gasteiger partial charge in [0.05, 0.1) is 6.04 Å². The number of hydrogen-bond donors (Lipinski definition) is 2. The van der Waals surface area contributed by atoms with E-state index in [1.54, 1.807) is 6.92 Å². The Bertz CT molecular complexity index is 375. The van der Waals surface area contributed by atoms with Crippen molar-refractivity contribution >= 4 is 5.91 Å². The van der Waals surface area contributed by atoms with Crippen molar-refractivity contribution in [2.75, 3.05) is 6.54 Å². The molecule has 3 N–H and O–H groups in total. The summed E-state index contributed by atoms with van der Waals surface area (Å²) in [6.45, 7) is 4.66. The number of oxazole rings is 1. The number of amides is 1. The summed E-state index contributed by atoms with van der Waals surface area (Å²) in [5.74, 6) is 0.203. The molecule has 0 aliphatic rings. The summed E-state index contributed by atoms with van der Waals surface area (Å²) in [4.78, 5) is 15.8. The molecule has 1 rings (SSSR count). The van der Waals surface area contributed by atoms with Crippen LogP contribution in [0.5, 0.6) is 0 Å². The summed E-state index contributed by atoms with van der Waals surface area (Å²) in [7, 11) is 0. The smallest absolute Gasteiger partial charge is 0.273 e. The molecule has 108 valence electrons. The quantitative estimate of drug-likeness (QED) is 0.674. The van der Waals surface area contributed by atoms with Crippen molar-refractivity contribution in [2.45, 2.75) is 58.4 Å². The van der Waals surface area contributed by atoms with E-state index >= 15 is 0 Å². The molecule has 0 spiro atoms. The molecule has 0 bridgehead atoms. The molecule has 1 aromatic heterocycles. The molecular formula is C14H25N3O2. The molecule has 0 aliphatic carbocycles. The summed E-state index contributed by atoms with van der Waals surface area (Å²) < 4.78 is 5.12. The van der Waals surface area contributed by atoms with E-state index in [4.69, 9.17) is 10.2 Å². The lowest BCUT2D eigenvalue weighted by atomic mass is 10.1. The van der Waals surface area contributed by atoms with Crippen molar-refractivity contribution in [2.24, 2.45) is 5.73 Å². The number of unbranched alkanes of at least 4 members (excludes halogenated alkanes) is 5. The molecule has 1 unspecified atom stereocenters. The minimum atomic E-state index is -0.292. The molecular weight excluding hydrogens is 242 g/mol. The van der Waals surface area contributed by atoms with Gasteiger partial charge >= 0.3 is 0 Å². The topological polar surface area (TPSA) is 81.2 Å². The Kier molecular flexibility index (Phi) is 7.18. The number of nitrogens with one attached hydrogen (secondary N) is 1. The standard InChI is InChI=1S/C14H25N3O2/c1-3-4-5-6-7-8-9-16-13(18)12-10-19-14(17-12)11(2)15/h10-11H,3-9,15H2,1-2H3,(H,16,18). The van der Waals surface area contributed by atoms with Gasteiger partial charge in [-0.3, -0.25) is 4.79 Å². The largest absolute Gasteiger partial charge is 0.446 e. The monoisotopic (exact) mass is 267 g/mol. The van der Waals surface area contributed by atoms with Gasteiger partial charge < -0.3 is 15.5 Å². The van der Waals surface area contributed by atoms with Crippen molar-refractivity contribution in [3.63, 3.8) is 0 Å². The second-order valence-corrected chi connectivity index (χ2v) is 4.88. The Morgan fingerprint density at radius 3 is 2.68 bits per heavy atom. The van der Waals surface area contributed by atoms with Crippen LogP contribution < -0.4 is 11.1 Å². The average molecular weight is 267 g/mol. The molecule has 0 fully saturated rings. The van der Waals surface area contributed by atoms with Crippen LogP contribution in [0.1, 0.15) is 74.8 Å². The van der Waals surface area contributed by atoms with Crippen LogP contribution in [-0.2, 0) is 0 Å². The van der Waals surface area contributed by atoms with Crippen LogP contribution in [-0.4, -0.2) is 17.4 Å². The maximum absolute atomic E-state index is 11.7. The van der Waals surface area contributed by atoms with Crippen LogP contribution in [0, 0.1) is 0 Å². The van der Waals surface area contributed by atoms with E-state index < -0.39 is 0 Å². The van der Waals surface area contributed by atoms with Gasteiger partial charge in [-0.1, -0.05) is 39.0 Å². The highest BCUT2D eigenvalue weighted by atomic mass is 16.3. The van der Waals surface area contributed by atoms with Crippen LogP contribution in [0.15, 0.2) is 10.7 Å². The Morgan fingerprint density at radius 2 is 2.05 bits per heavy atom. The van der Waals surface area contributed by atoms with E-state index in [0.717, 1.165) is 12.8 Å². The van der Waals surface area contributed by atoms with Gasteiger partial charge in [0, 0.05) is 6.54 Å². The maximum atomic E-state index is 11.7. The van der Waals surface area contributed by atoms with Crippen molar-refractivity contribution < 1.29 is 9.21 Å². The summed E-state index contributed by atoms with van der Waals surface area (Å²) in [6, 6.07) is -0.292. The van der Waals surface area contributed by atoms with Gasteiger partial charge in [-0.2, -0.15) is 0 Å². The third-order valence-electron chi connectivity index (χ3n) is 2.96. The normalized spacial score (nSPS) is 12.4. The summed E-state index contributed by atoms with van der Waals surface area (Å²) in [5.41, 5.74) is 5.92. The molecule has 5 heteroatoms. The molecule has 1 heterocycles. The third kappa shape index (κ3) is 5.87. The third-order valence-corrected chi connectivity index (χ3v) is 2.96. The lowest BCUT2D eigenvalue weighted by Crippen LogP contribution is -2.24.